The molecule has 1 aliphatic carbocycles. The van der Waals surface area contributed by atoms with E-state index in [1.165, 1.54) is 11.1 Å². The van der Waals surface area contributed by atoms with Crippen LogP contribution < -0.4 is 9.47 Å². The van der Waals surface area contributed by atoms with Gasteiger partial charge in [-0.25, -0.2) is 0 Å². The summed E-state index contributed by atoms with van der Waals surface area (Å²) in [5, 5.41) is 9.99. The van der Waals surface area contributed by atoms with E-state index in [2.05, 4.69) is 6.92 Å². The van der Waals surface area contributed by atoms with Crippen molar-refractivity contribution in [3.8, 4) is 17.2 Å². The lowest BCUT2D eigenvalue weighted by molar-refractivity contribution is -0.146. The lowest BCUT2D eigenvalue weighted by atomic mass is 9.62. The van der Waals surface area contributed by atoms with Crippen LogP contribution in [-0.4, -0.2) is 41.2 Å². The van der Waals surface area contributed by atoms with Crippen molar-refractivity contribution in [1.82, 2.24) is 4.90 Å². The van der Waals surface area contributed by atoms with Crippen molar-refractivity contribution in [1.29, 1.82) is 0 Å². The molecule has 0 spiro atoms. The number of carbonyl (C=O) groups excluding carboxylic acids is 1. The molecule has 2 heterocycles. The van der Waals surface area contributed by atoms with E-state index in [9.17, 15) is 9.90 Å². The van der Waals surface area contributed by atoms with Gasteiger partial charge in [0.25, 0.3) is 5.91 Å². The predicted molar refractivity (Wildman–Crippen MR) is 105 cm³/mol. The lowest BCUT2D eigenvalue weighted by Gasteiger charge is -2.51. The zero-order chi connectivity index (χ0) is 19.3. The molecule has 3 aliphatic rings. The van der Waals surface area contributed by atoms with Crippen LogP contribution >= 0.6 is 0 Å². The molecule has 2 aromatic rings. The quantitative estimate of drug-likeness (QED) is 0.869. The predicted octanol–water partition coefficient (Wildman–Crippen LogP) is 3.43. The Labute approximate surface area is 164 Å². The Hall–Kier alpha value is -2.69. The van der Waals surface area contributed by atoms with Crippen molar-refractivity contribution in [3.05, 3.63) is 53.6 Å². The molecule has 2 aromatic carbocycles. The molecule has 0 aromatic heterocycles. The molecule has 1 fully saturated rings. The average Bonchev–Trinajstić information content (AvgIpc) is 2.73. The number of amides is 1. The van der Waals surface area contributed by atoms with Gasteiger partial charge in [0.05, 0.1) is 0 Å². The first-order chi connectivity index (χ1) is 13.6. The Balaban J connectivity index is 1.40. The number of aromatic hydroxyl groups is 1. The average molecular weight is 379 g/mol. The fourth-order valence-electron chi connectivity index (χ4n) is 5.23. The highest BCUT2D eigenvalue weighted by molar-refractivity contribution is 5.82. The molecular weight excluding hydrogens is 354 g/mol. The smallest absolute Gasteiger partial charge is 0.267 e. The summed E-state index contributed by atoms with van der Waals surface area (Å²) >= 11 is 0. The highest BCUT2D eigenvalue weighted by atomic mass is 16.6. The van der Waals surface area contributed by atoms with E-state index < -0.39 is 6.10 Å². The SMILES string of the molecule is CC[C@]12CCN(C(=O)C3COc4ccccc4O3)[C@@H](Cc3ccc(O)cc31)C2. The third-order valence-corrected chi connectivity index (χ3v) is 6.76. The molecule has 146 valence electrons. The third kappa shape index (κ3) is 2.64. The number of phenolic OH excluding ortho intramolecular Hbond substituents is 1. The summed E-state index contributed by atoms with van der Waals surface area (Å²) in [4.78, 5) is 15.3. The number of para-hydroxylation sites is 2. The molecule has 1 amide bonds. The molecule has 28 heavy (non-hydrogen) atoms. The summed E-state index contributed by atoms with van der Waals surface area (Å²) in [5.74, 6) is 1.68. The van der Waals surface area contributed by atoms with Gasteiger partial charge in [0, 0.05) is 12.6 Å². The van der Waals surface area contributed by atoms with Crippen molar-refractivity contribution >= 4 is 5.91 Å². The fraction of sp³-hybridized carbons (Fsp3) is 0.435. The van der Waals surface area contributed by atoms with Gasteiger partial charge in [-0.05, 0) is 66.5 Å². The van der Waals surface area contributed by atoms with Crippen LogP contribution in [0.3, 0.4) is 0 Å². The molecular formula is C23H25NO4. The first kappa shape index (κ1) is 17.4. The molecule has 1 N–H and O–H groups in total. The van der Waals surface area contributed by atoms with Crippen LogP contribution in [0, 0.1) is 0 Å². The first-order valence-electron chi connectivity index (χ1n) is 10.1. The number of hydrogen-bond donors (Lipinski definition) is 1. The summed E-state index contributed by atoms with van der Waals surface area (Å²) in [6.45, 7) is 3.18. The Morgan fingerprint density at radius 2 is 2.07 bits per heavy atom. The molecule has 1 saturated heterocycles. The molecule has 5 nitrogen and oxygen atoms in total. The second-order valence-electron chi connectivity index (χ2n) is 8.18. The standard InChI is InChI=1S/C23H25NO4/c1-2-23-9-10-24(16(13-23)11-15-7-8-17(25)12-18(15)23)22(26)21-14-27-19-5-3-4-6-20(19)28-21/h3-8,12,16,21,25H,2,9-11,13-14H2,1H3/t16-,21?,23+/m0/s1. The maximum Gasteiger partial charge on any atom is 0.267 e. The number of ether oxygens (including phenoxy) is 2. The second kappa shape index (κ2) is 6.43. The van der Waals surface area contributed by atoms with Gasteiger partial charge in [-0.15, -0.1) is 0 Å². The maximum absolute atomic E-state index is 13.3. The van der Waals surface area contributed by atoms with E-state index in [0.717, 1.165) is 25.7 Å². The van der Waals surface area contributed by atoms with E-state index in [0.29, 0.717) is 23.8 Å². The largest absolute Gasteiger partial charge is 0.508 e. The Bertz CT molecular complexity index is 927. The van der Waals surface area contributed by atoms with E-state index >= 15 is 0 Å². The molecule has 2 bridgehead atoms. The van der Waals surface area contributed by atoms with Crippen molar-refractivity contribution in [2.45, 2.75) is 50.2 Å². The zero-order valence-corrected chi connectivity index (χ0v) is 16.1. The minimum Gasteiger partial charge on any atom is -0.508 e. The van der Waals surface area contributed by atoms with E-state index in [1.807, 2.05) is 41.3 Å². The summed E-state index contributed by atoms with van der Waals surface area (Å²) in [5.41, 5.74) is 2.56. The van der Waals surface area contributed by atoms with Crippen LogP contribution in [-0.2, 0) is 16.6 Å². The number of fused-ring (bicyclic) bond motifs is 5. The zero-order valence-electron chi connectivity index (χ0n) is 16.1. The molecule has 5 heteroatoms. The minimum absolute atomic E-state index is 0.0198. The van der Waals surface area contributed by atoms with E-state index in [1.54, 1.807) is 6.07 Å². The van der Waals surface area contributed by atoms with Gasteiger partial charge in [0.1, 0.15) is 12.4 Å². The van der Waals surface area contributed by atoms with Crippen molar-refractivity contribution in [2.75, 3.05) is 13.2 Å². The van der Waals surface area contributed by atoms with Gasteiger partial charge in [0.15, 0.2) is 11.5 Å². The van der Waals surface area contributed by atoms with Gasteiger partial charge in [-0.3, -0.25) is 4.79 Å². The van der Waals surface area contributed by atoms with Crippen molar-refractivity contribution in [2.24, 2.45) is 0 Å². The summed E-state index contributed by atoms with van der Waals surface area (Å²) < 4.78 is 11.7. The number of rotatable bonds is 2. The van der Waals surface area contributed by atoms with E-state index in [-0.39, 0.29) is 24.0 Å². The van der Waals surface area contributed by atoms with Crippen LogP contribution in [0.15, 0.2) is 42.5 Å². The molecule has 1 unspecified atom stereocenters. The Morgan fingerprint density at radius 1 is 1.25 bits per heavy atom. The van der Waals surface area contributed by atoms with Gasteiger partial charge in [0.2, 0.25) is 6.10 Å². The number of likely N-dealkylation sites (tertiary alicyclic amines) is 1. The van der Waals surface area contributed by atoms with Crippen LogP contribution in [0.1, 0.15) is 37.3 Å². The fourth-order valence-corrected chi connectivity index (χ4v) is 5.23. The van der Waals surface area contributed by atoms with Crippen LogP contribution in [0.2, 0.25) is 0 Å². The highest BCUT2D eigenvalue weighted by Crippen LogP contribution is 2.48. The lowest BCUT2D eigenvalue weighted by Crippen LogP contribution is -2.58. The molecule has 5 rings (SSSR count). The topological polar surface area (TPSA) is 59.0 Å². The van der Waals surface area contributed by atoms with Gasteiger partial charge >= 0.3 is 0 Å². The van der Waals surface area contributed by atoms with Crippen LogP contribution in [0.5, 0.6) is 17.2 Å². The highest BCUT2D eigenvalue weighted by Gasteiger charge is 2.47. The summed E-state index contributed by atoms with van der Waals surface area (Å²) in [7, 11) is 0. The van der Waals surface area contributed by atoms with E-state index in [4.69, 9.17) is 9.47 Å². The van der Waals surface area contributed by atoms with Crippen LogP contribution in [0.4, 0.5) is 0 Å². The maximum atomic E-state index is 13.3. The third-order valence-electron chi connectivity index (χ3n) is 6.76. The molecule has 3 atom stereocenters. The van der Waals surface area contributed by atoms with Gasteiger partial charge in [-0.1, -0.05) is 25.1 Å². The Kier molecular flexibility index (Phi) is 4.00. The Morgan fingerprint density at radius 3 is 2.89 bits per heavy atom. The van der Waals surface area contributed by atoms with Crippen molar-refractivity contribution < 1.29 is 19.4 Å². The summed E-state index contributed by atoms with van der Waals surface area (Å²) in [6, 6.07) is 13.4. The van der Waals surface area contributed by atoms with Crippen LogP contribution in [0.25, 0.3) is 0 Å². The van der Waals surface area contributed by atoms with Crippen molar-refractivity contribution in [3.63, 3.8) is 0 Å². The summed E-state index contributed by atoms with van der Waals surface area (Å²) in [6.07, 6.45) is 3.10. The number of benzene rings is 2. The monoisotopic (exact) mass is 379 g/mol. The number of nitrogens with zero attached hydrogens (tertiary/aromatic N) is 1. The number of hydrogen-bond acceptors (Lipinski definition) is 4. The molecule has 0 saturated carbocycles. The van der Waals surface area contributed by atoms with Gasteiger partial charge in [-0.2, -0.15) is 0 Å². The molecule has 0 radical (unpaired) electrons. The number of carbonyl (C=O) groups is 1. The molecule has 2 aliphatic heterocycles. The number of piperidine rings is 1. The van der Waals surface area contributed by atoms with Gasteiger partial charge < -0.3 is 19.5 Å². The first-order valence-corrected chi connectivity index (χ1v) is 10.1. The minimum atomic E-state index is -0.592. The number of phenols is 1. The second-order valence-corrected chi connectivity index (χ2v) is 8.18. The normalized spacial score (nSPS) is 27.8.